The van der Waals surface area contributed by atoms with Crippen LogP contribution in [0.25, 0.3) is 0 Å². The topological polar surface area (TPSA) is 68.2 Å². The van der Waals surface area contributed by atoms with E-state index in [2.05, 4.69) is 5.32 Å². The molecule has 0 bridgehead atoms. The van der Waals surface area contributed by atoms with Gasteiger partial charge in [-0.05, 0) is 31.9 Å². The molecule has 0 aliphatic heterocycles. The van der Waals surface area contributed by atoms with Gasteiger partial charge in [-0.25, -0.2) is 8.42 Å². The molecule has 1 aliphatic rings. The van der Waals surface area contributed by atoms with Crippen molar-refractivity contribution in [1.29, 1.82) is 0 Å². The molecular formula is C13H20N2O3S. The van der Waals surface area contributed by atoms with Gasteiger partial charge in [0, 0.05) is 30.6 Å². The standard InChI is InChI=1S/C13H20N2O3S/c1-14-11-4-3-5-12-10(11)6-7-13(16)15(12)8-9-19(2,17)18/h6-7,11,14H,3-5,8-9H2,1-2H3. The molecule has 1 N–H and O–H groups in total. The van der Waals surface area contributed by atoms with Crippen molar-refractivity contribution < 1.29 is 8.42 Å². The molecule has 1 aromatic rings. The van der Waals surface area contributed by atoms with Gasteiger partial charge in [0.25, 0.3) is 5.56 Å². The molecule has 0 spiro atoms. The molecule has 106 valence electrons. The van der Waals surface area contributed by atoms with Gasteiger partial charge < -0.3 is 9.88 Å². The van der Waals surface area contributed by atoms with E-state index < -0.39 is 9.84 Å². The largest absolute Gasteiger partial charge is 0.313 e. The van der Waals surface area contributed by atoms with Gasteiger partial charge in [-0.3, -0.25) is 4.79 Å². The first kappa shape index (κ1) is 14.3. The number of pyridine rings is 1. The molecule has 6 heteroatoms. The summed E-state index contributed by atoms with van der Waals surface area (Å²) in [5, 5.41) is 3.25. The molecule has 0 saturated heterocycles. The number of sulfone groups is 1. The summed E-state index contributed by atoms with van der Waals surface area (Å²) >= 11 is 0. The molecule has 0 saturated carbocycles. The van der Waals surface area contributed by atoms with Crippen LogP contribution in [-0.2, 0) is 22.8 Å². The molecule has 0 radical (unpaired) electrons. The highest BCUT2D eigenvalue weighted by Crippen LogP contribution is 2.28. The number of aromatic nitrogens is 1. The molecule has 0 fully saturated rings. The number of nitrogens with zero attached hydrogens (tertiary/aromatic N) is 1. The third-order valence-electron chi connectivity index (χ3n) is 3.65. The third-order valence-corrected chi connectivity index (χ3v) is 4.57. The molecule has 1 heterocycles. The lowest BCUT2D eigenvalue weighted by Gasteiger charge is -2.27. The predicted molar refractivity (Wildman–Crippen MR) is 75.2 cm³/mol. The fourth-order valence-electron chi connectivity index (χ4n) is 2.66. The zero-order chi connectivity index (χ0) is 14.0. The Morgan fingerprint density at radius 3 is 2.79 bits per heavy atom. The molecular weight excluding hydrogens is 264 g/mol. The lowest BCUT2D eigenvalue weighted by molar-refractivity contribution is 0.470. The van der Waals surface area contributed by atoms with E-state index in [-0.39, 0.29) is 23.9 Å². The minimum absolute atomic E-state index is 0.00752. The maximum Gasteiger partial charge on any atom is 0.250 e. The molecule has 0 amide bonds. The van der Waals surface area contributed by atoms with Gasteiger partial charge in [-0.1, -0.05) is 6.07 Å². The van der Waals surface area contributed by atoms with Crippen molar-refractivity contribution in [2.75, 3.05) is 19.1 Å². The average Bonchev–Trinajstić information content (AvgIpc) is 2.35. The monoisotopic (exact) mass is 284 g/mol. The van der Waals surface area contributed by atoms with Crippen LogP contribution in [0.5, 0.6) is 0 Å². The van der Waals surface area contributed by atoms with Crippen LogP contribution in [-0.4, -0.2) is 32.0 Å². The first-order chi connectivity index (χ1) is 8.92. The van der Waals surface area contributed by atoms with E-state index in [4.69, 9.17) is 0 Å². The van der Waals surface area contributed by atoms with Crippen molar-refractivity contribution in [2.24, 2.45) is 0 Å². The van der Waals surface area contributed by atoms with Gasteiger partial charge in [0.15, 0.2) is 0 Å². The van der Waals surface area contributed by atoms with Crippen molar-refractivity contribution in [3.05, 3.63) is 33.7 Å². The number of rotatable bonds is 4. The van der Waals surface area contributed by atoms with Gasteiger partial charge >= 0.3 is 0 Å². The lowest BCUT2D eigenvalue weighted by atomic mass is 9.91. The minimum Gasteiger partial charge on any atom is -0.313 e. The highest BCUT2D eigenvalue weighted by molar-refractivity contribution is 7.90. The van der Waals surface area contributed by atoms with Gasteiger partial charge in [0.1, 0.15) is 9.84 Å². The van der Waals surface area contributed by atoms with E-state index in [1.807, 2.05) is 13.1 Å². The number of hydrogen-bond donors (Lipinski definition) is 1. The van der Waals surface area contributed by atoms with Crippen LogP contribution in [0.2, 0.25) is 0 Å². The fourth-order valence-corrected chi connectivity index (χ4v) is 3.18. The first-order valence-corrected chi connectivity index (χ1v) is 8.56. The highest BCUT2D eigenvalue weighted by Gasteiger charge is 2.22. The van der Waals surface area contributed by atoms with Crippen LogP contribution in [0.4, 0.5) is 0 Å². The summed E-state index contributed by atoms with van der Waals surface area (Å²) in [6.45, 7) is 0.247. The summed E-state index contributed by atoms with van der Waals surface area (Å²) in [6.07, 6.45) is 4.10. The first-order valence-electron chi connectivity index (χ1n) is 6.50. The SMILES string of the molecule is CNC1CCCc2c1ccc(=O)n2CCS(C)(=O)=O. The normalized spacial score (nSPS) is 19.2. The van der Waals surface area contributed by atoms with Crippen molar-refractivity contribution in [2.45, 2.75) is 31.8 Å². The van der Waals surface area contributed by atoms with E-state index in [1.54, 1.807) is 4.57 Å². The number of hydrogen-bond acceptors (Lipinski definition) is 4. The highest BCUT2D eigenvalue weighted by atomic mass is 32.2. The maximum atomic E-state index is 12.0. The second kappa shape index (κ2) is 5.46. The maximum absolute atomic E-state index is 12.0. The summed E-state index contributed by atoms with van der Waals surface area (Å²) < 4.78 is 24.2. The zero-order valence-electron chi connectivity index (χ0n) is 11.3. The molecule has 1 atom stereocenters. The zero-order valence-corrected chi connectivity index (χ0v) is 12.2. The van der Waals surface area contributed by atoms with Crippen LogP contribution < -0.4 is 10.9 Å². The van der Waals surface area contributed by atoms with E-state index in [9.17, 15) is 13.2 Å². The van der Waals surface area contributed by atoms with Crippen molar-refractivity contribution >= 4 is 9.84 Å². The Hall–Kier alpha value is -1.14. The van der Waals surface area contributed by atoms with E-state index in [0.29, 0.717) is 0 Å². The second-order valence-corrected chi connectivity index (χ2v) is 7.35. The average molecular weight is 284 g/mol. The lowest BCUT2D eigenvalue weighted by Crippen LogP contribution is -2.32. The molecule has 5 nitrogen and oxygen atoms in total. The van der Waals surface area contributed by atoms with Crippen LogP contribution in [0.15, 0.2) is 16.9 Å². The Balaban J connectivity index is 2.40. The van der Waals surface area contributed by atoms with Crippen LogP contribution in [0, 0.1) is 0 Å². The number of nitrogens with one attached hydrogen (secondary N) is 1. The van der Waals surface area contributed by atoms with E-state index in [0.717, 1.165) is 30.5 Å². The van der Waals surface area contributed by atoms with Gasteiger partial charge in [0.05, 0.1) is 5.75 Å². The quantitative estimate of drug-likeness (QED) is 0.874. The van der Waals surface area contributed by atoms with Crippen molar-refractivity contribution in [1.82, 2.24) is 9.88 Å². The molecule has 2 rings (SSSR count). The molecule has 1 aliphatic carbocycles. The fraction of sp³-hybridized carbons (Fsp3) is 0.615. The smallest absolute Gasteiger partial charge is 0.250 e. The summed E-state index contributed by atoms with van der Waals surface area (Å²) in [7, 11) is -1.15. The van der Waals surface area contributed by atoms with Crippen LogP contribution >= 0.6 is 0 Å². The summed E-state index contributed by atoms with van der Waals surface area (Å²) in [5.74, 6) is 0.00752. The van der Waals surface area contributed by atoms with E-state index >= 15 is 0 Å². The Kier molecular flexibility index (Phi) is 4.10. The summed E-state index contributed by atoms with van der Waals surface area (Å²) in [6, 6.07) is 3.67. The Morgan fingerprint density at radius 1 is 1.42 bits per heavy atom. The molecule has 1 unspecified atom stereocenters. The summed E-state index contributed by atoms with van der Waals surface area (Å²) in [5.41, 5.74) is 2.00. The molecule has 19 heavy (non-hydrogen) atoms. The predicted octanol–water partition coefficient (Wildman–Crippen LogP) is 0.490. The Labute approximate surface area is 113 Å². The van der Waals surface area contributed by atoms with Gasteiger partial charge in [-0.15, -0.1) is 0 Å². The van der Waals surface area contributed by atoms with Gasteiger partial charge in [-0.2, -0.15) is 0 Å². The minimum atomic E-state index is -3.06. The Morgan fingerprint density at radius 2 is 2.16 bits per heavy atom. The third kappa shape index (κ3) is 3.25. The number of fused-ring (bicyclic) bond motifs is 1. The molecule has 0 aromatic carbocycles. The van der Waals surface area contributed by atoms with Gasteiger partial charge in [0.2, 0.25) is 0 Å². The Bertz CT molecular complexity index is 619. The second-order valence-electron chi connectivity index (χ2n) is 5.09. The van der Waals surface area contributed by atoms with E-state index in [1.165, 1.54) is 12.3 Å². The van der Waals surface area contributed by atoms with Crippen molar-refractivity contribution in [3.63, 3.8) is 0 Å². The molecule has 1 aromatic heterocycles. The van der Waals surface area contributed by atoms with Crippen LogP contribution in [0.1, 0.15) is 30.1 Å². The van der Waals surface area contributed by atoms with Crippen molar-refractivity contribution in [3.8, 4) is 0 Å². The summed E-state index contributed by atoms with van der Waals surface area (Å²) in [4.78, 5) is 12.0. The van der Waals surface area contributed by atoms with Crippen LogP contribution in [0.3, 0.4) is 0 Å².